The highest BCUT2D eigenvalue weighted by Gasteiger charge is 2.41. The number of hydrogen-bond donors (Lipinski definition) is 0. The van der Waals surface area contributed by atoms with Gasteiger partial charge >= 0.3 is 0 Å². The highest BCUT2D eigenvalue weighted by Crippen LogP contribution is 2.55. The first-order chi connectivity index (χ1) is 15.7. The van der Waals surface area contributed by atoms with Gasteiger partial charge in [-0.05, 0) is 69.7 Å². The van der Waals surface area contributed by atoms with Crippen molar-refractivity contribution in [1.82, 2.24) is 0 Å². The van der Waals surface area contributed by atoms with E-state index in [9.17, 15) is 14.9 Å². The van der Waals surface area contributed by atoms with Crippen LogP contribution in [-0.4, -0.2) is 23.5 Å². The number of nitro groups is 1. The van der Waals surface area contributed by atoms with Gasteiger partial charge in [-0.1, -0.05) is 23.3 Å². The summed E-state index contributed by atoms with van der Waals surface area (Å²) in [4.78, 5) is 23.3. The van der Waals surface area contributed by atoms with Crippen LogP contribution in [0.15, 0.2) is 50.7 Å². The largest absolute Gasteiger partial charge is 0.468 e. The van der Waals surface area contributed by atoms with E-state index in [-0.39, 0.29) is 17.1 Å². The van der Waals surface area contributed by atoms with Crippen LogP contribution in [0.3, 0.4) is 0 Å². The van der Waals surface area contributed by atoms with Crippen molar-refractivity contribution >= 4 is 35.3 Å². The Hall–Kier alpha value is -2.45. The third-order valence-electron chi connectivity index (χ3n) is 5.50. The number of thioether (sulfide) groups is 2. The second-order valence-electron chi connectivity index (χ2n) is 8.21. The first-order valence-corrected chi connectivity index (χ1v) is 12.7. The summed E-state index contributed by atoms with van der Waals surface area (Å²) in [5.74, 6) is 2.96. The van der Waals surface area contributed by atoms with Gasteiger partial charge in [-0.25, -0.2) is 0 Å². The molecule has 33 heavy (non-hydrogen) atoms. The van der Waals surface area contributed by atoms with Crippen LogP contribution < -0.4 is 10.2 Å². The van der Waals surface area contributed by atoms with E-state index in [4.69, 9.17) is 9.15 Å². The molecule has 0 saturated carbocycles. The van der Waals surface area contributed by atoms with Crippen LogP contribution in [0, 0.1) is 24.0 Å². The number of benzene rings is 1. The molecule has 1 aromatic carbocycles. The van der Waals surface area contributed by atoms with E-state index in [0.29, 0.717) is 16.9 Å². The van der Waals surface area contributed by atoms with E-state index in [1.807, 2.05) is 43.4 Å². The third kappa shape index (κ3) is 5.73. The normalized spacial score (nSPS) is 16.5. The van der Waals surface area contributed by atoms with Gasteiger partial charge in [0.1, 0.15) is 9.84 Å². The third-order valence-corrected chi connectivity index (χ3v) is 8.78. The lowest BCUT2D eigenvalue weighted by Crippen LogP contribution is -2.27. The first kappa shape index (κ1) is 25.2. The molecule has 1 saturated heterocycles. The van der Waals surface area contributed by atoms with E-state index in [0.717, 1.165) is 41.1 Å². The van der Waals surface area contributed by atoms with E-state index < -0.39 is 9.00 Å². The van der Waals surface area contributed by atoms with Crippen LogP contribution >= 0.6 is 23.5 Å². The summed E-state index contributed by atoms with van der Waals surface area (Å²) in [6.45, 7) is 7.67. The maximum Gasteiger partial charge on any atom is 0.291 e. The molecule has 1 fully saturated rings. The fourth-order valence-electron chi connectivity index (χ4n) is 3.97. The molecule has 1 aliphatic rings. The van der Waals surface area contributed by atoms with Crippen LogP contribution in [0.2, 0.25) is 0 Å². The number of ether oxygens (including phenoxy) is 1. The lowest BCUT2D eigenvalue weighted by Gasteiger charge is -2.36. The van der Waals surface area contributed by atoms with Gasteiger partial charge in [0.25, 0.3) is 11.6 Å². The van der Waals surface area contributed by atoms with Gasteiger partial charge in [0.15, 0.2) is 5.43 Å². The summed E-state index contributed by atoms with van der Waals surface area (Å²) in [6.07, 6.45) is 5.97. The fraction of sp³-hybridized carbons (Fsp3) is 0.400. The summed E-state index contributed by atoms with van der Waals surface area (Å²) >= 11 is 3.65. The van der Waals surface area contributed by atoms with E-state index in [1.165, 1.54) is 19.2 Å². The van der Waals surface area contributed by atoms with Gasteiger partial charge in [-0.2, -0.15) is 0 Å². The average molecular weight is 488 g/mol. The molecule has 1 aliphatic heterocycles. The molecule has 3 rings (SSSR count). The molecular weight excluding hydrogens is 458 g/mol. The molecule has 8 heteroatoms. The first-order valence-electron chi connectivity index (χ1n) is 10.7. The maximum atomic E-state index is 12.9. The van der Waals surface area contributed by atoms with Crippen molar-refractivity contribution in [3.8, 4) is 5.95 Å². The predicted octanol–water partition coefficient (Wildman–Crippen LogP) is 6.64. The molecule has 0 unspecified atom stereocenters. The summed E-state index contributed by atoms with van der Waals surface area (Å²) in [5.41, 5.74) is 4.29. The van der Waals surface area contributed by atoms with Gasteiger partial charge < -0.3 is 9.15 Å². The Morgan fingerprint density at radius 3 is 2.39 bits per heavy atom. The Morgan fingerprint density at radius 2 is 1.82 bits per heavy atom. The second kappa shape index (κ2) is 10.7. The fourth-order valence-corrected chi connectivity index (χ4v) is 7.54. The smallest absolute Gasteiger partial charge is 0.291 e. The van der Waals surface area contributed by atoms with Crippen LogP contribution in [0.1, 0.15) is 49.1 Å². The average Bonchev–Trinajstić information content (AvgIpc) is 2.78. The summed E-state index contributed by atoms with van der Waals surface area (Å²) in [5, 5.41) is 10.9. The molecule has 6 nitrogen and oxygen atoms in total. The van der Waals surface area contributed by atoms with E-state index >= 15 is 0 Å². The van der Waals surface area contributed by atoms with Gasteiger partial charge in [0.2, 0.25) is 0 Å². The van der Waals surface area contributed by atoms with Gasteiger partial charge in [-0.3, -0.25) is 14.9 Å². The number of hydrogen-bond acceptors (Lipinski definition) is 7. The zero-order chi connectivity index (χ0) is 24.2. The number of methoxy groups -OCH3 is 1. The molecule has 2 aromatic rings. The lowest BCUT2D eigenvalue weighted by atomic mass is 10.0. The zero-order valence-electron chi connectivity index (χ0n) is 19.6. The van der Waals surface area contributed by atoms with Crippen molar-refractivity contribution in [2.24, 2.45) is 0 Å². The summed E-state index contributed by atoms with van der Waals surface area (Å²) in [6, 6.07) is 6.51. The Balaban J connectivity index is 1.93. The number of nitrogens with zero attached hydrogens (tertiary/aromatic N) is 1. The molecule has 0 atom stereocenters. The van der Waals surface area contributed by atoms with Gasteiger partial charge in [0.05, 0.1) is 17.6 Å². The Labute approximate surface area is 202 Å². The maximum absolute atomic E-state index is 12.9. The second-order valence-corrected chi connectivity index (χ2v) is 11.3. The molecule has 1 aromatic heterocycles. The lowest BCUT2D eigenvalue weighted by molar-refractivity contribution is -0.384. The van der Waals surface area contributed by atoms with Crippen molar-refractivity contribution in [1.29, 1.82) is 0 Å². The number of non-ortho nitro benzene ring substituents is 1. The summed E-state index contributed by atoms with van der Waals surface area (Å²) < 4.78 is 11.2. The Bertz CT molecular complexity index is 1140. The molecule has 176 valence electrons. The summed E-state index contributed by atoms with van der Waals surface area (Å²) in [7, 11) is 1.52. The van der Waals surface area contributed by atoms with Crippen molar-refractivity contribution in [2.75, 3.05) is 18.6 Å². The van der Waals surface area contributed by atoms with Crippen molar-refractivity contribution in [3.63, 3.8) is 0 Å². The number of nitro benzene ring substituents is 1. The van der Waals surface area contributed by atoms with Crippen molar-refractivity contribution < 1.29 is 14.1 Å². The van der Waals surface area contributed by atoms with Gasteiger partial charge in [0, 0.05) is 17.7 Å². The standard InChI is InChI=1S/C25H29NO5S2/c1-16(14-20-7-9-21(10-8-20)26(28)29)13-17(2)15-25(32-11-6-12-33-25)23-18(3)22(27)19(4)24(30-5)31-23/h7-10,13-14H,6,11-12,15H2,1-5H3/b16-14+,17-13+. The van der Waals surface area contributed by atoms with Gasteiger partial charge in [-0.15, -0.1) is 23.5 Å². The molecule has 0 amide bonds. The molecule has 0 spiro atoms. The Morgan fingerprint density at radius 1 is 1.18 bits per heavy atom. The van der Waals surface area contributed by atoms with Crippen molar-refractivity contribution in [2.45, 2.75) is 44.6 Å². The Kier molecular flexibility index (Phi) is 8.13. The topological polar surface area (TPSA) is 82.6 Å². The molecule has 2 heterocycles. The van der Waals surface area contributed by atoms with Crippen LogP contribution in [0.4, 0.5) is 5.69 Å². The quantitative estimate of drug-likeness (QED) is 0.246. The minimum absolute atomic E-state index is 0.0323. The molecule has 0 radical (unpaired) electrons. The highest BCUT2D eigenvalue weighted by molar-refractivity contribution is 8.18. The molecule has 0 aliphatic carbocycles. The van der Waals surface area contributed by atoms with Crippen LogP contribution in [0.5, 0.6) is 5.95 Å². The number of rotatable bonds is 7. The predicted molar refractivity (Wildman–Crippen MR) is 137 cm³/mol. The van der Waals surface area contributed by atoms with E-state index in [1.54, 1.807) is 19.1 Å². The van der Waals surface area contributed by atoms with E-state index in [2.05, 4.69) is 13.0 Å². The molecule has 0 bridgehead atoms. The molecule has 0 N–H and O–H groups in total. The van der Waals surface area contributed by atoms with Crippen LogP contribution in [-0.2, 0) is 4.08 Å². The zero-order valence-corrected chi connectivity index (χ0v) is 21.2. The van der Waals surface area contributed by atoms with Crippen molar-refractivity contribution in [3.05, 3.63) is 84.3 Å². The van der Waals surface area contributed by atoms with Crippen LogP contribution in [0.25, 0.3) is 6.08 Å². The highest BCUT2D eigenvalue weighted by atomic mass is 32.2. The minimum Gasteiger partial charge on any atom is -0.468 e. The molecular formula is C25H29NO5S2. The monoisotopic (exact) mass is 487 g/mol. The SMILES string of the molecule is COc1oc(C2(C/C(C)=C/C(C)=C/c3ccc([N+](=O)[O-])cc3)SCCCS2)c(C)c(=O)c1C. The minimum atomic E-state index is -0.399. The number of allylic oxidation sites excluding steroid dienone is 3.